The van der Waals surface area contributed by atoms with Crippen LogP contribution in [-0.4, -0.2) is 21.1 Å². The number of hydrogen-bond acceptors (Lipinski definition) is 3. The number of carbonyl (C=O) groups is 1. The molecule has 0 amide bonds. The van der Waals surface area contributed by atoms with Crippen molar-refractivity contribution in [2.45, 2.75) is 37.4 Å². The Morgan fingerprint density at radius 3 is 2.81 bits per heavy atom. The van der Waals surface area contributed by atoms with Crippen LogP contribution in [0.2, 0.25) is 0 Å². The van der Waals surface area contributed by atoms with Crippen molar-refractivity contribution in [3.63, 3.8) is 0 Å². The number of hydrogen-bond donors (Lipinski definition) is 0. The largest absolute Gasteiger partial charge is 0.315 e. The van der Waals surface area contributed by atoms with Crippen LogP contribution in [0, 0.1) is 0 Å². The second kappa shape index (κ2) is 7.50. The lowest BCUT2D eigenvalue weighted by Crippen LogP contribution is -2.08. The number of thioether (sulfide) groups is 1. The van der Waals surface area contributed by atoms with E-state index in [4.69, 9.17) is 4.98 Å². The van der Waals surface area contributed by atoms with E-state index >= 15 is 0 Å². The number of benzene rings is 2. The monoisotopic (exact) mass is 362 g/mol. The Morgan fingerprint density at radius 1 is 1.15 bits per heavy atom. The number of fused-ring (bicyclic) bond motifs is 2. The Morgan fingerprint density at radius 2 is 1.96 bits per heavy atom. The van der Waals surface area contributed by atoms with Crippen LogP contribution in [0.3, 0.4) is 0 Å². The molecular formula is C22H22N2OS. The third kappa shape index (κ3) is 3.34. The molecule has 0 saturated heterocycles. The molecule has 132 valence electrons. The highest BCUT2D eigenvalue weighted by molar-refractivity contribution is 7.99. The van der Waals surface area contributed by atoms with Gasteiger partial charge in [-0.25, -0.2) is 4.98 Å². The molecule has 0 spiro atoms. The van der Waals surface area contributed by atoms with Gasteiger partial charge >= 0.3 is 0 Å². The van der Waals surface area contributed by atoms with E-state index in [0.717, 1.165) is 34.6 Å². The predicted octanol–water partition coefficient (Wildman–Crippen LogP) is 5.08. The van der Waals surface area contributed by atoms with E-state index < -0.39 is 0 Å². The Bertz CT molecular complexity index is 973. The summed E-state index contributed by atoms with van der Waals surface area (Å²) in [5, 5.41) is 0.873. The quantitative estimate of drug-likeness (QED) is 0.349. The third-order valence-electron chi connectivity index (χ3n) is 4.93. The smallest absolute Gasteiger partial charge is 0.173 e. The molecule has 26 heavy (non-hydrogen) atoms. The molecule has 3 nitrogen and oxygen atoms in total. The normalized spacial score (nSPS) is 13.5. The SMILES string of the molecule is C=CCn1c(SCC(=O)c2ccc3c(c2)CCCC3)nc2ccccc21. The van der Waals surface area contributed by atoms with Gasteiger partial charge in [0.25, 0.3) is 0 Å². The maximum Gasteiger partial charge on any atom is 0.173 e. The summed E-state index contributed by atoms with van der Waals surface area (Å²) >= 11 is 1.51. The number of carbonyl (C=O) groups excluding carboxylic acids is 1. The standard InChI is InChI=1S/C22H22N2OS/c1-2-13-24-20-10-6-5-9-19(20)23-22(24)26-15-21(25)18-12-11-16-7-3-4-8-17(16)14-18/h2,5-6,9-12,14H,1,3-4,7-8,13,15H2. The van der Waals surface area contributed by atoms with Gasteiger partial charge < -0.3 is 4.57 Å². The molecule has 1 aromatic heterocycles. The van der Waals surface area contributed by atoms with E-state index in [2.05, 4.69) is 29.3 Å². The Balaban J connectivity index is 1.53. The van der Waals surface area contributed by atoms with E-state index in [1.807, 2.05) is 30.3 Å². The van der Waals surface area contributed by atoms with E-state index in [1.54, 1.807) is 0 Å². The van der Waals surface area contributed by atoms with Crippen molar-refractivity contribution in [3.8, 4) is 0 Å². The molecule has 1 heterocycles. The van der Waals surface area contributed by atoms with E-state index in [1.165, 1.54) is 35.7 Å². The van der Waals surface area contributed by atoms with Crippen LogP contribution in [0.5, 0.6) is 0 Å². The lowest BCUT2D eigenvalue weighted by atomic mass is 9.90. The minimum Gasteiger partial charge on any atom is -0.315 e. The summed E-state index contributed by atoms with van der Waals surface area (Å²) in [7, 11) is 0. The first-order chi connectivity index (χ1) is 12.8. The number of imidazole rings is 1. The first-order valence-electron chi connectivity index (χ1n) is 9.10. The molecule has 0 aliphatic heterocycles. The number of nitrogens with zero attached hydrogens (tertiary/aromatic N) is 2. The van der Waals surface area contributed by atoms with Crippen LogP contribution in [0.25, 0.3) is 11.0 Å². The van der Waals surface area contributed by atoms with Crippen molar-refractivity contribution in [2.75, 3.05) is 5.75 Å². The van der Waals surface area contributed by atoms with Crippen LogP contribution >= 0.6 is 11.8 Å². The van der Waals surface area contributed by atoms with Crippen LogP contribution in [-0.2, 0) is 19.4 Å². The Hall–Kier alpha value is -2.33. The lowest BCUT2D eigenvalue weighted by molar-refractivity contribution is 0.102. The fourth-order valence-corrected chi connectivity index (χ4v) is 4.51. The molecule has 0 saturated carbocycles. The molecule has 4 heteroatoms. The zero-order chi connectivity index (χ0) is 17.9. The predicted molar refractivity (Wildman–Crippen MR) is 108 cm³/mol. The van der Waals surface area contributed by atoms with Crippen molar-refractivity contribution < 1.29 is 4.79 Å². The summed E-state index contributed by atoms with van der Waals surface area (Å²) in [4.78, 5) is 17.4. The number of ketones is 1. The molecule has 0 atom stereocenters. The van der Waals surface area contributed by atoms with E-state index in [9.17, 15) is 4.79 Å². The first-order valence-corrected chi connectivity index (χ1v) is 10.1. The minimum atomic E-state index is 0.167. The zero-order valence-electron chi connectivity index (χ0n) is 14.8. The highest BCUT2D eigenvalue weighted by Gasteiger charge is 2.15. The Labute approximate surface area is 158 Å². The average molecular weight is 362 g/mol. The molecular weight excluding hydrogens is 340 g/mol. The van der Waals surface area contributed by atoms with Gasteiger partial charge in [0.1, 0.15) is 0 Å². The number of allylic oxidation sites excluding steroid dienone is 1. The van der Waals surface area contributed by atoms with Gasteiger partial charge in [-0.2, -0.15) is 0 Å². The van der Waals surface area contributed by atoms with E-state index in [0.29, 0.717) is 12.3 Å². The molecule has 1 aliphatic carbocycles. The first kappa shape index (κ1) is 17.1. The molecule has 2 aromatic carbocycles. The summed E-state index contributed by atoms with van der Waals surface area (Å²) in [5.74, 6) is 0.569. The molecule has 0 unspecified atom stereocenters. The lowest BCUT2D eigenvalue weighted by Gasteiger charge is -2.16. The van der Waals surface area contributed by atoms with Gasteiger partial charge in [0, 0.05) is 12.1 Å². The minimum absolute atomic E-state index is 0.167. The number of para-hydroxylation sites is 2. The molecule has 3 aromatic rings. The third-order valence-corrected chi connectivity index (χ3v) is 5.91. The summed E-state index contributed by atoms with van der Waals surface area (Å²) in [6.45, 7) is 4.53. The van der Waals surface area contributed by atoms with Gasteiger partial charge in [-0.1, -0.05) is 42.1 Å². The second-order valence-electron chi connectivity index (χ2n) is 6.68. The zero-order valence-corrected chi connectivity index (χ0v) is 15.6. The number of aryl methyl sites for hydroxylation is 2. The van der Waals surface area contributed by atoms with Gasteiger partial charge in [0.2, 0.25) is 0 Å². The maximum absolute atomic E-state index is 12.7. The van der Waals surface area contributed by atoms with Gasteiger partial charge in [0.05, 0.1) is 16.8 Å². The molecule has 0 radical (unpaired) electrons. The van der Waals surface area contributed by atoms with Crippen molar-refractivity contribution >= 4 is 28.6 Å². The van der Waals surface area contributed by atoms with Gasteiger partial charge in [0.15, 0.2) is 10.9 Å². The van der Waals surface area contributed by atoms with Crippen LogP contribution in [0.1, 0.15) is 34.3 Å². The Kier molecular flexibility index (Phi) is 4.93. The van der Waals surface area contributed by atoms with Crippen molar-refractivity contribution in [1.82, 2.24) is 9.55 Å². The molecule has 1 aliphatic rings. The maximum atomic E-state index is 12.7. The highest BCUT2D eigenvalue weighted by atomic mass is 32.2. The molecule has 0 N–H and O–H groups in total. The van der Waals surface area contributed by atoms with Crippen LogP contribution < -0.4 is 0 Å². The summed E-state index contributed by atoms with van der Waals surface area (Å²) in [6.07, 6.45) is 6.59. The van der Waals surface area contributed by atoms with Crippen LogP contribution in [0.15, 0.2) is 60.3 Å². The van der Waals surface area contributed by atoms with E-state index in [-0.39, 0.29) is 5.78 Å². The van der Waals surface area contributed by atoms with Crippen LogP contribution in [0.4, 0.5) is 0 Å². The molecule has 4 rings (SSSR count). The van der Waals surface area contributed by atoms with Crippen molar-refractivity contribution in [2.24, 2.45) is 0 Å². The highest BCUT2D eigenvalue weighted by Crippen LogP contribution is 2.26. The van der Waals surface area contributed by atoms with Crippen molar-refractivity contribution in [3.05, 3.63) is 71.8 Å². The number of rotatable bonds is 6. The van der Waals surface area contributed by atoms with Gasteiger partial charge in [-0.15, -0.1) is 6.58 Å². The van der Waals surface area contributed by atoms with Gasteiger partial charge in [-0.3, -0.25) is 4.79 Å². The average Bonchev–Trinajstić information content (AvgIpc) is 3.04. The fourth-order valence-electron chi connectivity index (χ4n) is 3.59. The molecule has 0 bridgehead atoms. The molecule has 0 fully saturated rings. The summed E-state index contributed by atoms with van der Waals surface area (Å²) in [6, 6.07) is 14.3. The van der Waals surface area contributed by atoms with Gasteiger partial charge in [-0.05, 0) is 55.0 Å². The fraction of sp³-hybridized carbons (Fsp3) is 0.273. The number of aromatic nitrogens is 2. The number of Topliss-reactive ketones (excluding diaryl/α,β-unsaturated/α-hetero) is 1. The van der Waals surface area contributed by atoms with Crippen molar-refractivity contribution in [1.29, 1.82) is 0 Å². The summed E-state index contributed by atoms with van der Waals surface area (Å²) < 4.78 is 2.12. The summed E-state index contributed by atoms with van der Waals surface area (Å²) in [5.41, 5.74) is 5.62. The second-order valence-corrected chi connectivity index (χ2v) is 7.63. The topological polar surface area (TPSA) is 34.9 Å².